The minimum atomic E-state index is -2.07. The number of benzene rings is 2. The van der Waals surface area contributed by atoms with Gasteiger partial charge in [0.05, 0.1) is 22.8 Å². The third kappa shape index (κ3) is 4.76. The number of rotatable bonds is 5. The Morgan fingerprint density at radius 1 is 1.15 bits per heavy atom. The quantitative estimate of drug-likeness (QED) is 0.358. The van der Waals surface area contributed by atoms with E-state index in [-0.39, 0.29) is 5.69 Å². The Balaban J connectivity index is 1.60. The van der Waals surface area contributed by atoms with Crippen molar-refractivity contribution in [1.82, 2.24) is 14.8 Å². The lowest BCUT2D eigenvalue weighted by atomic mass is 10.0. The smallest absolute Gasteiger partial charge is 0.308 e. The number of amides is 2. The van der Waals surface area contributed by atoms with E-state index in [0.717, 1.165) is 22.1 Å². The fraction of sp³-hybridized carbons (Fsp3) is 0.174. The van der Waals surface area contributed by atoms with E-state index in [1.807, 2.05) is 19.1 Å². The van der Waals surface area contributed by atoms with E-state index >= 15 is 0 Å². The summed E-state index contributed by atoms with van der Waals surface area (Å²) in [5.74, 6) is -0.516. The normalized spacial score (nSPS) is 13.0. The number of pyridine rings is 1. The van der Waals surface area contributed by atoms with E-state index < -0.39 is 28.2 Å². The van der Waals surface area contributed by atoms with Crippen LogP contribution >= 0.6 is 0 Å². The van der Waals surface area contributed by atoms with Gasteiger partial charge in [-0.15, -0.1) is 0 Å². The van der Waals surface area contributed by atoms with Gasteiger partial charge in [0.15, 0.2) is 16.7 Å². The molecular weight excluding hydrogens is 445 g/mol. The van der Waals surface area contributed by atoms with Gasteiger partial charge >= 0.3 is 6.03 Å². The number of carbonyl (C=O) groups excluding carboxylic acids is 1. The molecule has 8 nitrogen and oxygen atoms in total. The van der Waals surface area contributed by atoms with Crippen molar-refractivity contribution in [1.29, 1.82) is 0 Å². The fourth-order valence-corrected chi connectivity index (χ4v) is 3.76. The molecule has 0 saturated heterocycles. The number of aromatic nitrogens is 3. The molecule has 0 aliphatic carbocycles. The maximum absolute atomic E-state index is 13.9. The summed E-state index contributed by atoms with van der Waals surface area (Å²) in [6.07, 6.45) is 1.69. The van der Waals surface area contributed by atoms with Crippen molar-refractivity contribution >= 4 is 39.5 Å². The Kier molecular flexibility index (Phi) is 6.21. The zero-order valence-corrected chi connectivity index (χ0v) is 19.0. The van der Waals surface area contributed by atoms with Gasteiger partial charge in [0.25, 0.3) is 0 Å². The molecule has 2 aromatic heterocycles. The molecule has 0 spiro atoms. The first-order valence-corrected chi connectivity index (χ1v) is 11.3. The van der Waals surface area contributed by atoms with Crippen LogP contribution in [0.15, 0.2) is 54.7 Å². The Bertz CT molecular complexity index is 1370. The van der Waals surface area contributed by atoms with Crippen LogP contribution in [-0.2, 0) is 18.1 Å². The highest BCUT2D eigenvalue weighted by Gasteiger charge is 2.18. The van der Waals surface area contributed by atoms with Gasteiger partial charge in [0.2, 0.25) is 0 Å². The first-order valence-electron chi connectivity index (χ1n) is 10.1. The molecule has 0 saturated carbocycles. The van der Waals surface area contributed by atoms with Crippen molar-refractivity contribution in [2.24, 2.45) is 7.05 Å². The molecule has 10 heteroatoms. The molecule has 0 aliphatic rings. The number of carbonyl (C=O) groups is 1. The van der Waals surface area contributed by atoms with Gasteiger partial charge in [-0.1, -0.05) is 18.2 Å². The second kappa shape index (κ2) is 9.08. The van der Waals surface area contributed by atoms with Gasteiger partial charge in [-0.3, -0.25) is 4.68 Å². The van der Waals surface area contributed by atoms with Crippen molar-refractivity contribution in [3.63, 3.8) is 0 Å². The van der Waals surface area contributed by atoms with E-state index in [4.69, 9.17) is 0 Å². The molecule has 2 amide bonds. The van der Waals surface area contributed by atoms with Gasteiger partial charge < -0.3 is 15.2 Å². The van der Waals surface area contributed by atoms with Crippen molar-refractivity contribution in [2.75, 3.05) is 10.6 Å². The van der Waals surface area contributed by atoms with Crippen LogP contribution in [0.3, 0.4) is 0 Å². The van der Waals surface area contributed by atoms with Gasteiger partial charge in [0, 0.05) is 18.1 Å². The molecule has 3 N–H and O–H groups in total. The van der Waals surface area contributed by atoms with Crippen LogP contribution in [0.25, 0.3) is 22.2 Å². The molecule has 2 aromatic carbocycles. The van der Waals surface area contributed by atoms with Crippen LogP contribution in [0.4, 0.5) is 20.6 Å². The highest BCUT2D eigenvalue weighted by Crippen LogP contribution is 2.32. The number of aryl methyl sites for hydroxylation is 2. The predicted octanol–water partition coefficient (Wildman–Crippen LogP) is 5.01. The molecule has 4 aromatic rings. The zero-order valence-electron chi connectivity index (χ0n) is 18.2. The van der Waals surface area contributed by atoms with E-state index in [0.29, 0.717) is 17.0 Å². The molecule has 4 rings (SSSR count). The summed E-state index contributed by atoms with van der Waals surface area (Å²) in [7, 11) is 1.76. The molecule has 0 bridgehead atoms. The summed E-state index contributed by atoms with van der Waals surface area (Å²) in [4.78, 5) is 16.8. The summed E-state index contributed by atoms with van der Waals surface area (Å²) in [6.45, 7) is 3.44. The molecule has 2 unspecified atom stereocenters. The van der Waals surface area contributed by atoms with E-state index in [1.165, 1.54) is 6.07 Å². The van der Waals surface area contributed by atoms with E-state index in [2.05, 4.69) is 20.7 Å². The zero-order chi connectivity index (χ0) is 23.7. The lowest BCUT2D eigenvalue weighted by Gasteiger charge is -2.12. The topological polar surface area (TPSA) is 109 Å². The highest BCUT2D eigenvalue weighted by atomic mass is 32.2. The first kappa shape index (κ1) is 22.6. The third-order valence-electron chi connectivity index (χ3n) is 5.27. The van der Waals surface area contributed by atoms with Crippen LogP contribution in [-0.4, -0.2) is 29.6 Å². The van der Waals surface area contributed by atoms with Gasteiger partial charge in [-0.25, -0.2) is 18.4 Å². The van der Waals surface area contributed by atoms with Gasteiger partial charge in [0.1, 0.15) is 5.82 Å². The van der Waals surface area contributed by atoms with Crippen LogP contribution in [0.2, 0.25) is 0 Å². The summed E-state index contributed by atoms with van der Waals surface area (Å²) in [5, 5.41) is 9.57. The molecule has 2 atom stereocenters. The fourth-order valence-electron chi connectivity index (χ4n) is 3.44. The number of nitrogens with one attached hydrogen (secondary N) is 2. The van der Waals surface area contributed by atoms with Crippen LogP contribution in [0, 0.1) is 12.7 Å². The summed E-state index contributed by atoms with van der Waals surface area (Å²) in [6, 6.07) is 12.8. The molecule has 33 heavy (non-hydrogen) atoms. The molecule has 0 fully saturated rings. The minimum absolute atomic E-state index is 0.0998. The average Bonchev–Trinajstić information content (AvgIpc) is 3.16. The second-order valence-electron chi connectivity index (χ2n) is 7.66. The number of anilines is 2. The Morgan fingerprint density at radius 2 is 1.88 bits per heavy atom. The van der Waals surface area contributed by atoms with Crippen LogP contribution in [0.5, 0.6) is 0 Å². The number of fused-ring (bicyclic) bond motifs is 1. The van der Waals surface area contributed by atoms with Crippen molar-refractivity contribution in [3.05, 3.63) is 71.8 Å². The maximum Gasteiger partial charge on any atom is 0.323 e. The standard InChI is InChI=1S/C23H22FN5O3S/c1-13-4-9-19(24)21(10-13)28-23(30)26-16-7-5-15(6-8-16)17-11-20(14(2)33(31)32)27-22-18(17)12-25-29(22)3/h4-12,14H,1-3H3,(H,31,32)(H2,26,28,30). The van der Waals surface area contributed by atoms with Gasteiger partial charge in [-0.2, -0.15) is 5.10 Å². The Morgan fingerprint density at radius 3 is 2.58 bits per heavy atom. The molecule has 2 heterocycles. The summed E-state index contributed by atoms with van der Waals surface area (Å²) >= 11 is -2.07. The Hall–Kier alpha value is -3.63. The third-order valence-corrected chi connectivity index (χ3v) is 6.11. The van der Waals surface area contributed by atoms with Crippen LogP contribution in [0.1, 0.15) is 23.4 Å². The number of nitrogens with zero attached hydrogens (tertiary/aromatic N) is 3. The van der Waals surface area contributed by atoms with E-state index in [9.17, 15) is 17.9 Å². The summed E-state index contributed by atoms with van der Waals surface area (Å²) < 4.78 is 36.6. The predicted molar refractivity (Wildman–Crippen MR) is 127 cm³/mol. The molecule has 0 aliphatic heterocycles. The molecular formula is C23H22FN5O3S. The number of hydrogen-bond acceptors (Lipinski definition) is 4. The average molecular weight is 468 g/mol. The minimum Gasteiger partial charge on any atom is -0.308 e. The number of hydrogen-bond donors (Lipinski definition) is 3. The Labute approximate surface area is 192 Å². The van der Waals surface area contributed by atoms with Crippen LogP contribution < -0.4 is 10.6 Å². The van der Waals surface area contributed by atoms with Crippen molar-refractivity contribution in [3.8, 4) is 11.1 Å². The number of halogens is 1. The van der Waals surface area contributed by atoms with Crippen molar-refractivity contribution < 1.29 is 17.9 Å². The lowest BCUT2D eigenvalue weighted by molar-refractivity contribution is 0.262. The SMILES string of the molecule is Cc1ccc(F)c(NC(=O)Nc2ccc(-c3cc(C(C)S(=O)O)nc4c3cnn4C)cc2)c1. The maximum atomic E-state index is 13.9. The van der Waals surface area contributed by atoms with Gasteiger partial charge in [-0.05, 0) is 60.9 Å². The monoisotopic (exact) mass is 467 g/mol. The van der Waals surface area contributed by atoms with Crippen molar-refractivity contribution in [2.45, 2.75) is 19.1 Å². The first-order chi connectivity index (χ1) is 15.7. The number of urea groups is 1. The van der Waals surface area contributed by atoms with E-state index in [1.54, 1.807) is 55.2 Å². The second-order valence-corrected chi connectivity index (χ2v) is 8.92. The molecule has 170 valence electrons. The molecule has 0 radical (unpaired) electrons. The summed E-state index contributed by atoms with van der Waals surface area (Å²) in [5.41, 5.74) is 4.15. The highest BCUT2D eigenvalue weighted by molar-refractivity contribution is 7.79. The lowest BCUT2D eigenvalue weighted by Crippen LogP contribution is -2.20. The largest absolute Gasteiger partial charge is 0.323 e.